The summed E-state index contributed by atoms with van der Waals surface area (Å²) in [4.78, 5) is 2.46. The third kappa shape index (κ3) is 3.43. The van der Waals surface area contributed by atoms with Crippen molar-refractivity contribution in [3.8, 4) is 0 Å². The molecule has 2 atom stereocenters. The lowest BCUT2D eigenvalue weighted by atomic mass is 10.1. The fourth-order valence-corrected chi connectivity index (χ4v) is 3.23. The molecule has 0 spiro atoms. The first-order chi connectivity index (χ1) is 9.13. The second kappa shape index (κ2) is 6.62. The second-order valence-corrected chi connectivity index (χ2v) is 5.90. The summed E-state index contributed by atoms with van der Waals surface area (Å²) in [5, 5.41) is 10.4. The quantitative estimate of drug-likeness (QED) is 0.878. The Kier molecular flexibility index (Phi) is 5.12. The van der Waals surface area contributed by atoms with Crippen LogP contribution in [0.4, 0.5) is 5.69 Å². The summed E-state index contributed by atoms with van der Waals surface area (Å²) < 4.78 is 0. The van der Waals surface area contributed by atoms with Gasteiger partial charge in [0.25, 0.3) is 0 Å². The molecule has 0 amide bonds. The van der Waals surface area contributed by atoms with Crippen LogP contribution in [0.3, 0.4) is 0 Å². The monoisotopic (exact) mass is 281 g/mol. The van der Waals surface area contributed by atoms with Crippen molar-refractivity contribution in [3.05, 3.63) is 28.8 Å². The number of halogens is 1. The van der Waals surface area contributed by atoms with Gasteiger partial charge in [-0.25, -0.2) is 0 Å². The third-order valence-corrected chi connectivity index (χ3v) is 4.41. The Morgan fingerprint density at radius 3 is 2.79 bits per heavy atom. The predicted molar refractivity (Wildman–Crippen MR) is 82.0 cm³/mol. The highest BCUT2D eigenvalue weighted by Gasteiger charge is 2.21. The summed E-state index contributed by atoms with van der Waals surface area (Å²) in [6.45, 7) is 5.11. The number of aliphatic hydroxyl groups excluding tert-OH is 1. The van der Waals surface area contributed by atoms with Crippen molar-refractivity contribution in [3.63, 3.8) is 0 Å². The van der Waals surface area contributed by atoms with Crippen LogP contribution in [0.5, 0.6) is 0 Å². The highest BCUT2D eigenvalue weighted by molar-refractivity contribution is 6.33. The van der Waals surface area contributed by atoms with E-state index >= 15 is 0 Å². The molecule has 19 heavy (non-hydrogen) atoms. The number of nitrogens with zero attached hydrogens (tertiary/aromatic N) is 1. The smallest absolute Gasteiger partial charge is 0.0762 e. The number of rotatable bonds is 3. The van der Waals surface area contributed by atoms with Gasteiger partial charge in [-0.1, -0.05) is 37.4 Å². The molecule has 0 saturated carbocycles. The van der Waals surface area contributed by atoms with Crippen LogP contribution in [0.2, 0.25) is 5.02 Å². The van der Waals surface area contributed by atoms with E-state index in [4.69, 9.17) is 11.6 Å². The number of benzene rings is 1. The Morgan fingerprint density at radius 1 is 1.37 bits per heavy atom. The van der Waals surface area contributed by atoms with Crippen molar-refractivity contribution in [2.24, 2.45) is 0 Å². The van der Waals surface area contributed by atoms with Gasteiger partial charge in [-0.2, -0.15) is 0 Å². The van der Waals surface area contributed by atoms with E-state index in [1.54, 1.807) is 6.92 Å². The van der Waals surface area contributed by atoms with Crippen LogP contribution in [0, 0.1) is 0 Å². The van der Waals surface area contributed by atoms with E-state index in [1.165, 1.54) is 25.7 Å². The van der Waals surface area contributed by atoms with Crippen LogP contribution in [0.1, 0.15) is 57.6 Å². The van der Waals surface area contributed by atoms with E-state index in [9.17, 15) is 5.11 Å². The molecule has 0 bridgehead atoms. The van der Waals surface area contributed by atoms with Crippen LogP contribution in [0.15, 0.2) is 18.2 Å². The zero-order chi connectivity index (χ0) is 13.8. The van der Waals surface area contributed by atoms with Gasteiger partial charge in [0.1, 0.15) is 0 Å². The van der Waals surface area contributed by atoms with Crippen molar-refractivity contribution in [1.29, 1.82) is 0 Å². The molecule has 1 unspecified atom stereocenters. The molecule has 1 heterocycles. The molecular formula is C16H24ClNO. The van der Waals surface area contributed by atoms with Crippen molar-refractivity contribution in [2.45, 2.75) is 58.1 Å². The molecular weight excluding hydrogens is 258 g/mol. The molecule has 1 aliphatic rings. The normalized spacial score (nSPS) is 22.1. The maximum atomic E-state index is 9.62. The van der Waals surface area contributed by atoms with Crippen LogP contribution < -0.4 is 4.90 Å². The van der Waals surface area contributed by atoms with E-state index < -0.39 is 6.10 Å². The zero-order valence-corrected chi connectivity index (χ0v) is 12.7. The maximum Gasteiger partial charge on any atom is 0.0762 e. The van der Waals surface area contributed by atoms with E-state index in [2.05, 4.69) is 17.9 Å². The minimum absolute atomic E-state index is 0.461. The molecule has 2 rings (SSSR count). The number of aliphatic hydroxyl groups is 1. The van der Waals surface area contributed by atoms with Gasteiger partial charge in [0.15, 0.2) is 0 Å². The van der Waals surface area contributed by atoms with Crippen molar-refractivity contribution in [2.75, 3.05) is 11.4 Å². The molecule has 3 heteroatoms. The first-order valence-electron chi connectivity index (χ1n) is 7.37. The van der Waals surface area contributed by atoms with E-state index in [-0.39, 0.29) is 0 Å². The van der Waals surface area contributed by atoms with E-state index in [0.717, 1.165) is 29.2 Å². The van der Waals surface area contributed by atoms with Gasteiger partial charge < -0.3 is 10.0 Å². The molecule has 0 aliphatic carbocycles. The molecule has 0 radical (unpaired) electrons. The van der Waals surface area contributed by atoms with Gasteiger partial charge in [0, 0.05) is 12.6 Å². The van der Waals surface area contributed by atoms with Crippen LogP contribution >= 0.6 is 11.6 Å². The van der Waals surface area contributed by atoms with Crippen molar-refractivity contribution in [1.82, 2.24) is 0 Å². The molecule has 1 aromatic carbocycles. The molecule has 1 fully saturated rings. The van der Waals surface area contributed by atoms with Gasteiger partial charge >= 0.3 is 0 Å². The molecule has 2 nitrogen and oxygen atoms in total. The fourth-order valence-electron chi connectivity index (χ4n) is 2.93. The second-order valence-electron chi connectivity index (χ2n) is 5.49. The van der Waals surface area contributed by atoms with Crippen molar-refractivity contribution >= 4 is 17.3 Å². The highest BCUT2D eigenvalue weighted by atomic mass is 35.5. The minimum Gasteiger partial charge on any atom is -0.389 e. The molecule has 1 aliphatic heterocycles. The molecule has 0 aromatic heterocycles. The first-order valence-corrected chi connectivity index (χ1v) is 7.75. The average molecular weight is 282 g/mol. The van der Waals surface area contributed by atoms with E-state index in [1.807, 2.05) is 12.1 Å². The standard InChI is InChI=1S/C16H24ClNO/c1-3-14-7-5-4-6-10-18(14)16-9-8-13(12(2)19)11-15(16)17/h8-9,11-12,14,19H,3-7,10H2,1-2H3/t12-,14?/m1/s1. The summed E-state index contributed by atoms with van der Waals surface area (Å²) in [6, 6.07) is 6.55. The lowest BCUT2D eigenvalue weighted by Crippen LogP contribution is -2.34. The SMILES string of the molecule is CCC1CCCCCN1c1ccc([C@@H](C)O)cc1Cl. The highest BCUT2D eigenvalue weighted by Crippen LogP contribution is 2.33. The Hall–Kier alpha value is -0.730. The summed E-state index contributed by atoms with van der Waals surface area (Å²) in [5.41, 5.74) is 2.01. The maximum absolute atomic E-state index is 9.62. The topological polar surface area (TPSA) is 23.5 Å². The summed E-state index contributed by atoms with van der Waals surface area (Å²) in [7, 11) is 0. The number of anilines is 1. The molecule has 1 saturated heterocycles. The summed E-state index contributed by atoms with van der Waals surface area (Å²) in [6.07, 6.45) is 5.83. The van der Waals surface area contributed by atoms with Crippen LogP contribution in [-0.2, 0) is 0 Å². The number of hydrogen-bond acceptors (Lipinski definition) is 2. The van der Waals surface area contributed by atoms with Gasteiger partial charge in [-0.05, 0) is 43.9 Å². The molecule has 1 aromatic rings. The van der Waals surface area contributed by atoms with Gasteiger partial charge in [-0.15, -0.1) is 0 Å². The largest absolute Gasteiger partial charge is 0.389 e. The zero-order valence-electron chi connectivity index (χ0n) is 11.9. The van der Waals surface area contributed by atoms with Crippen LogP contribution in [0.25, 0.3) is 0 Å². The summed E-state index contributed by atoms with van der Waals surface area (Å²) in [5.74, 6) is 0. The lowest BCUT2D eigenvalue weighted by Gasteiger charge is -2.32. The first kappa shape index (κ1) is 14.7. The average Bonchev–Trinajstić information content (AvgIpc) is 2.63. The third-order valence-electron chi connectivity index (χ3n) is 4.11. The minimum atomic E-state index is -0.461. The Morgan fingerprint density at radius 2 is 2.16 bits per heavy atom. The van der Waals surface area contributed by atoms with Crippen LogP contribution in [-0.4, -0.2) is 17.7 Å². The molecule has 106 valence electrons. The molecule has 1 N–H and O–H groups in total. The van der Waals surface area contributed by atoms with Gasteiger partial charge in [-0.3, -0.25) is 0 Å². The predicted octanol–water partition coefficient (Wildman–Crippen LogP) is 4.55. The Balaban J connectivity index is 2.28. The van der Waals surface area contributed by atoms with E-state index in [0.29, 0.717) is 6.04 Å². The Labute approximate surface area is 121 Å². The summed E-state index contributed by atoms with van der Waals surface area (Å²) >= 11 is 6.43. The lowest BCUT2D eigenvalue weighted by molar-refractivity contribution is 0.199. The van der Waals surface area contributed by atoms with Gasteiger partial charge in [0.05, 0.1) is 16.8 Å². The van der Waals surface area contributed by atoms with Gasteiger partial charge in [0.2, 0.25) is 0 Å². The van der Waals surface area contributed by atoms with Crippen molar-refractivity contribution < 1.29 is 5.11 Å². The number of hydrogen-bond donors (Lipinski definition) is 1. The fraction of sp³-hybridized carbons (Fsp3) is 0.625. The Bertz CT molecular complexity index is 419.